The molecule has 1 fully saturated rings. The summed E-state index contributed by atoms with van der Waals surface area (Å²) in [6, 6.07) is 0. The molecule has 0 N–H and O–H groups in total. The normalized spacial score (nSPS) is 28.8. The Hall–Kier alpha value is -1.92. The SMILES string of the molecule is CC(C)(C)OC(=O)OC[C@H]1OC=C[C@H]2OC(=O)O[C@H]21. The molecule has 0 saturated carbocycles. The van der Waals surface area contributed by atoms with Crippen molar-refractivity contribution in [1.29, 1.82) is 0 Å². The van der Waals surface area contributed by atoms with E-state index in [1.54, 1.807) is 26.8 Å². The van der Waals surface area contributed by atoms with Crippen molar-refractivity contribution in [3.05, 3.63) is 12.3 Å². The fourth-order valence-electron chi connectivity index (χ4n) is 1.69. The molecule has 2 aliphatic heterocycles. The van der Waals surface area contributed by atoms with E-state index in [1.165, 1.54) is 6.26 Å². The van der Waals surface area contributed by atoms with Crippen LogP contribution in [-0.4, -0.2) is 42.8 Å². The Labute approximate surface area is 110 Å². The molecule has 1 saturated heterocycles. The average Bonchev–Trinajstić information content (AvgIpc) is 2.64. The second-order valence-corrected chi connectivity index (χ2v) is 5.19. The highest BCUT2D eigenvalue weighted by atomic mass is 16.8. The minimum Gasteiger partial charge on any atom is -0.491 e. The number of rotatable bonds is 2. The smallest absolute Gasteiger partial charge is 0.491 e. The van der Waals surface area contributed by atoms with Gasteiger partial charge in [0.15, 0.2) is 18.3 Å². The maximum Gasteiger partial charge on any atom is 0.509 e. The van der Waals surface area contributed by atoms with Crippen LogP contribution in [0.1, 0.15) is 20.8 Å². The minimum absolute atomic E-state index is 0.0862. The topological polar surface area (TPSA) is 80.3 Å². The monoisotopic (exact) mass is 272 g/mol. The van der Waals surface area contributed by atoms with Crippen LogP contribution < -0.4 is 0 Å². The van der Waals surface area contributed by atoms with Crippen molar-refractivity contribution in [3.8, 4) is 0 Å². The van der Waals surface area contributed by atoms with Gasteiger partial charge in [0.2, 0.25) is 0 Å². The van der Waals surface area contributed by atoms with E-state index in [-0.39, 0.29) is 6.61 Å². The van der Waals surface area contributed by atoms with Crippen LogP contribution >= 0.6 is 0 Å². The first-order valence-electron chi connectivity index (χ1n) is 5.90. The molecule has 0 aromatic heterocycles. The number of carbonyl (C=O) groups is 2. The second-order valence-electron chi connectivity index (χ2n) is 5.19. The zero-order valence-electron chi connectivity index (χ0n) is 11.0. The Morgan fingerprint density at radius 3 is 2.79 bits per heavy atom. The third-order valence-corrected chi connectivity index (χ3v) is 2.43. The molecule has 0 unspecified atom stereocenters. The van der Waals surface area contributed by atoms with Gasteiger partial charge in [-0.1, -0.05) is 0 Å². The Balaban J connectivity index is 1.84. The summed E-state index contributed by atoms with van der Waals surface area (Å²) in [5, 5.41) is 0. The summed E-state index contributed by atoms with van der Waals surface area (Å²) in [4.78, 5) is 22.4. The van der Waals surface area contributed by atoms with Crippen molar-refractivity contribution in [2.24, 2.45) is 0 Å². The van der Waals surface area contributed by atoms with Gasteiger partial charge in [-0.05, 0) is 26.8 Å². The quantitative estimate of drug-likeness (QED) is 0.708. The highest BCUT2D eigenvalue weighted by Gasteiger charge is 2.44. The van der Waals surface area contributed by atoms with Gasteiger partial charge in [0.25, 0.3) is 0 Å². The van der Waals surface area contributed by atoms with Crippen LogP contribution in [0.5, 0.6) is 0 Å². The van der Waals surface area contributed by atoms with Crippen LogP contribution in [0, 0.1) is 0 Å². The van der Waals surface area contributed by atoms with E-state index >= 15 is 0 Å². The molecule has 0 aliphatic carbocycles. The van der Waals surface area contributed by atoms with Crippen molar-refractivity contribution in [2.45, 2.75) is 44.7 Å². The molecule has 3 atom stereocenters. The van der Waals surface area contributed by atoms with Crippen LogP contribution in [0.25, 0.3) is 0 Å². The number of ether oxygens (including phenoxy) is 5. The fourth-order valence-corrected chi connectivity index (χ4v) is 1.69. The maximum absolute atomic E-state index is 11.4. The lowest BCUT2D eigenvalue weighted by atomic mass is 10.1. The van der Waals surface area contributed by atoms with Crippen LogP contribution in [-0.2, 0) is 23.7 Å². The van der Waals surface area contributed by atoms with Gasteiger partial charge in [0.05, 0.1) is 6.26 Å². The lowest BCUT2D eigenvalue weighted by Gasteiger charge is -2.26. The van der Waals surface area contributed by atoms with E-state index < -0.39 is 36.2 Å². The van der Waals surface area contributed by atoms with Crippen molar-refractivity contribution >= 4 is 12.3 Å². The van der Waals surface area contributed by atoms with Gasteiger partial charge >= 0.3 is 12.3 Å². The largest absolute Gasteiger partial charge is 0.509 e. The number of carbonyl (C=O) groups excluding carboxylic acids is 2. The molecule has 7 heteroatoms. The van der Waals surface area contributed by atoms with E-state index in [0.29, 0.717) is 0 Å². The first-order valence-corrected chi connectivity index (χ1v) is 5.90. The van der Waals surface area contributed by atoms with Gasteiger partial charge in [-0.25, -0.2) is 9.59 Å². The van der Waals surface area contributed by atoms with Gasteiger partial charge in [0, 0.05) is 0 Å². The molecule has 2 rings (SSSR count). The first-order chi connectivity index (χ1) is 8.85. The Morgan fingerprint density at radius 1 is 1.37 bits per heavy atom. The highest BCUT2D eigenvalue weighted by Crippen LogP contribution is 2.25. The van der Waals surface area contributed by atoms with E-state index in [9.17, 15) is 9.59 Å². The van der Waals surface area contributed by atoms with E-state index in [2.05, 4.69) is 0 Å². The standard InChI is InChI=1S/C12H16O7/c1-12(2,3)19-10(13)16-6-8-9-7(4-5-15-8)17-11(14)18-9/h4-5,7-9H,6H2,1-3H3/t7-,8-,9-/m1/s1. The molecule has 0 aromatic carbocycles. The molecule has 7 nitrogen and oxygen atoms in total. The van der Waals surface area contributed by atoms with E-state index in [1.807, 2.05) is 0 Å². The lowest BCUT2D eigenvalue weighted by molar-refractivity contribution is -0.0609. The van der Waals surface area contributed by atoms with Crippen molar-refractivity contribution in [2.75, 3.05) is 6.61 Å². The van der Waals surface area contributed by atoms with Crippen molar-refractivity contribution in [3.63, 3.8) is 0 Å². The molecule has 106 valence electrons. The zero-order valence-corrected chi connectivity index (χ0v) is 11.0. The molecule has 0 radical (unpaired) electrons. The Bertz CT molecular complexity index is 395. The summed E-state index contributed by atoms with van der Waals surface area (Å²) >= 11 is 0. The molecule has 2 aliphatic rings. The average molecular weight is 272 g/mol. The van der Waals surface area contributed by atoms with Crippen LogP contribution in [0.15, 0.2) is 12.3 Å². The molecular formula is C12H16O7. The molecule has 0 aromatic rings. The van der Waals surface area contributed by atoms with Crippen molar-refractivity contribution in [1.82, 2.24) is 0 Å². The molecule has 0 spiro atoms. The fraction of sp³-hybridized carbons (Fsp3) is 0.667. The molecular weight excluding hydrogens is 256 g/mol. The predicted molar refractivity (Wildman–Crippen MR) is 61.3 cm³/mol. The predicted octanol–water partition coefficient (Wildman–Crippen LogP) is 1.75. The molecule has 0 amide bonds. The summed E-state index contributed by atoms with van der Waals surface area (Å²) in [5.74, 6) is 0. The van der Waals surface area contributed by atoms with Gasteiger partial charge in [-0.2, -0.15) is 0 Å². The number of fused-ring (bicyclic) bond motifs is 1. The summed E-state index contributed by atoms with van der Waals surface area (Å²) in [5.41, 5.74) is -0.629. The summed E-state index contributed by atoms with van der Waals surface area (Å²) in [6.45, 7) is 5.11. The number of hydrogen-bond acceptors (Lipinski definition) is 7. The van der Waals surface area contributed by atoms with Crippen LogP contribution in [0.3, 0.4) is 0 Å². The first kappa shape index (κ1) is 13.5. The van der Waals surface area contributed by atoms with Gasteiger partial charge in [-0.15, -0.1) is 0 Å². The van der Waals surface area contributed by atoms with Crippen LogP contribution in [0.4, 0.5) is 9.59 Å². The third-order valence-electron chi connectivity index (χ3n) is 2.43. The number of hydrogen-bond donors (Lipinski definition) is 0. The highest BCUT2D eigenvalue weighted by molar-refractivity contribution is 5.63. The maximum atomic E-state index is 11.4. The summed E-state index contributed by atoms with van der Waals surface area (Å²) < 4.78 is 25.0. The van der Waals surface area contributed by atoms with E-state index in [4.69, 9.17) is 23.7 Å². The van der Waals surface area contributed by atoms with Crippen LogP contribution in [0.2, 0.25) is 0 Å². The van der Waals surface area contributed by atoms with Gasteiger partial charge in [-0.3, -0.25) is 0 Å². The molecule has 0 bridgehead atoms. The lowest BCUT2D eigenvalue weighted by Crippen LogP contribution is -2.41. The van der Waals surface area contributed by atoms with Gasteiger partial charge < -0.3 is 23.7 Å². The second kappa shape index (κ2) is 4.99. The Kier molecular flexibility index (Phi) is 3.55. The van der Waals surface area contributed by atoms with Gasteiger partial charge in [0.1, 0.15) is 12.2 Å². The van der Waals surface area contributed by atoms with Crippen molar-refractivity contribution < 1.29 is 33.3 Å². The summed E-state index contributed by atoms with van der Waals surface area (Å²) in [6.07, 6.45) is -0.312. The third kappa shape index (κ3) is 3.52. The molecule has 19 heavy (non-hydrogen) atoms. The Morgan fingerprint density at radius 2 is 2.11 bits per heavy atom. The zero-order chi connectivity index (χ0) is 14.0. The minimum atomic E-state index is -0.799. The molecule has 2 heterocycles. The van der Waals surface area contributed by atoms with E-state index in [0.717, 1.165) is 0 Å². The summed E-state index contributed by atoms with van der Waals surface area (Å²) in [7, 11) is 0.